The van der Waals surface area contributed by atoms with Gasteiger partial charge in [0, 0.05) is 24.9 Å². The number of amides is 1. The minimum Gasteiger partial charge on any atom is -0.315 e. The van der Waals surface area contributed by atoms with Crippen molar-refractivity contribution >= 4 is 50.9 Å². The lowest BCUT2D eigenvalue weighted by Crippen LogP contribution is -2.37. The molecule has 0 aliphatic carbocycles. The van der Waals surface area contributed by atoms with E-state index in [0.717, 1.165) is 15.8 Å². The summed E-state index contributed by atoms with van der Waals surface area (Å²) in [5.74, 6) is 0.0575. The van der Waals surface area contributed by atoms with Crippen LogP contribution >= 0.6 is 11.3 Å². The lowest BCUT2D eigenvalue weighted by Gasteiger charge is -2.17. The third-order valence-corrected chi connectivity index (χ3v) is 4.90. The van der Waals surface area contributed by atoms with Crippen molar-refractivity contribution < 1.29 is 9.72 Å². The first-order valence-electron chi connectivity index (χ1n) is 7.94. The maximum Gasteiger partial charge on any atom is 0.276 e. The number of hydrogen-bond donors (Lipinski definition) is 1. The Labute approximate surface area is 157 Å². The van der Waals surface area contributed by atoms with Crippen LogP contribution < -0.4 is 10.2 Å². The molecular weight excluding hydrogens is 366 g/mol. The highest BCUT2D eigenvalue weighted by molar-refractivity contribution is 7.16. The molecule has 0 saturated heterocycles. The lowest BCUT2D eigenvalue weighted by atomic mass is 10.2. The van der Waals surface area contributed by atoms with Gasteiger partial charge in [0.2, 0.25) is 5.96 Å². The molecule has 1 aliphatic heterocycles. The highest BCUT2D eigenvalue weighted by Gasteiger charge is 2.23. The summed E-state index contributed by atoms with van der Waals surface area (Å²) in [6.45, 7) is 0. The minimum atomic E-state index is -0.459. The molecule has 0 fully saturated rings. The zero-order chi connectivity index (χ0) is 19.0. The Morgan fingerprint density at radius 1 is 1.22 bits per heavy atom. The van der Waals surface area contributed by atoms with Crippen LogP contribution in [-0.4, -0.2) is 28.8 Å². The number of rotatable bonds is 3. The molecule has 1 aliphatic rings. The van der Waals surface area contributed by atoms with Gasteiger partial charge in [-0.15, -0.1) is 11.3 Å². The van der Waals surface area contributed by atoms with E-state index in [1.165, 1.54) is 23.5 Å². The number of aromatic nitrogens is 1. The van der Waals surface area contributed by atoms with E-state index in [1.54, 1.807) is 35.7 Å². The van der Waals surface area contributed by atoms with Gasteiger partial charge < -0.3 is 4.90 Å². The van der Waals surface area contributed by atoms with Gasteiger partial charge in [0.15, 0.2) is 0 Å². The molecule has 8 nitrogen and oxygen atoms in total. The Kier molecular flexibility index (Phi) is 4.13. The molecule has 4 rings (SSSR count). The highest BCUT2D eigenvalue weighted by Crippen LogP contribution is 2.23. The quantitative estimate of drug-likeness (QED) is 0.428. The van der Waals surface area contributed by atoms with Crippen molar-refractivity contribution in [1.82, 2.24) is 10.3 Å². The standard InChI is InChI=1S/C18H13N5O3S/c1-22(12-3-5-13(6-4-12)23(25)26)18-20-15(17(24)21-18)8-11-2-7-14-16(9-11)27-10-19-14/h2-10H,1H3,(H,20,21,24)/b15-8-. The summed E-state index contributed by atoms with van der Waals surface area (Å²) >= 11 is 1.53. The van der Waals surface area contributed by atoms with Gasteiger partial charge in [0.25, 0.3) is 11.6 Å². The Morgan fingerprint density at radius 2 is 2.00 bits per heavy atom. The summed E-state index contributed by atoms with van der Waals surface area (Å²) in [6, 6.07) is 11.8. The SMILES string of the molecule is CN(C1=N/C(=C\c2ccc3ncsc3c2)C(=O)N1)c1ccc([N+](=O)[O-])cc1. The summed E-state index contributed by atoms with van der Waals surface area (Å²) < 4.78 is 1.04. The first kappa shape index (κ1) is 16.9. The van der Waals surface area contributed by atoms with Gasteiger partial charge in [-0.25, -0.2) is 9.98 Å². The fourth-order valence-electron chi connectivity index (χ4n) is 2.65. The number of aliphatic imine (C=N–C) groups is 1. The van der Waals surface area contributed by atoms with Crippen LogP contribution in [0.3, 0.4) is 0 Å². The normalized spacial score (nSPS) is 15.1. The Morgan fingerprint density at radius 3 is 2.74 bits per heavy atom. The number of nitro benzene ring substituents is 1. The van der Waals surface area contributed by atoms with Crippen LogP contribution in [0, 0.1) is 10.1 Å². The fourth-order valence-corrected chi connectivity index (χ4v) is 3.38. The van der Waals surface area contributed by atoms with Crippen molar-refractivity contribution in [2.75, 3.05) is 11.9 Å². The smallest absolute Gasteiger partial charge is 0.276 e. The Balaban J connectivity index is 1.60. The molecule has 1 aromatic heterocycles. The molecule has 0 radical (unpaired) electrons. The van der Waals surface area contributed by atoms with Crippen LogP contribution in [0.15, 0.2) is 58.7 Å². The second-order valence-corrected chi connectivity index (χ2v) is 6.72. The summed E-state index contributed by atoms with van der Waals surface area (Å²) in [7, 11) is 1.73. The molecule has 2 heterocycles. The minimum absolute atomic E-state index is 0.00332. The molecule has 134 valence electrons. The predicted molar refractivity (Wildman–Crippen MR) is 105 cm³/mol. The largest absolute Gasteiger partial charge is 0.315 e. The molecule has 1 N–H and O–H groups in total. The first-order valence-corrected chi connectivity index (χ1v) is 8.82. The van der Waals surface area contributed by atoms with Crippen LogP contribution in [-0.2, 0) is 4.79 Å². The van der Waals surface area contributed by atoms with Gasteiger partial charge in [-0.1, -0.05) is 6.07 Å². The second-order valence-electron chi connectivity index (χ2n) is 5.83. The first-order chi connectivity index (χ1) is 13.0. The van der Waals surface area contributed by atoms with Crippen molar-refractivity contribution in [3.63, 3.8) is 0 Å². The van der Waals surface area contributed by atoms with E-state index in [9.17, 15) is 14.9 Å². The van der Waals surface area contributed by atoms with Crippen molar-refractivity contribution in [3.05, 3.63) is 69.3 Å². The van der Waals surface area contributed by atoms with E-state index in [1.807, 2.05) is 18.2 Å². The van der Waals surface area contributed by atoms with Gasteiger partial charge in [-0.3, -0.25) is 20.2 Å². The van der Waals surface area contributed by atoms with Gasteiger partial charge in [0.05, 0.1) is 20.7 Å². The number of fused-ring (bicyclic) bond motifs is 1. The molecule has 3 aromatic rings. The molecule has 0 bridgehead atoms. The number of nitrogens with one attached hydrogen (secondary N) is 1. The van der Waals surface area contributed by atoms with E-state index >= 15 is 0 Å². The maximum absolute atomic E-state index is 12.3. The molecule has 1 amide bonds. The summed E-state index contributed by atoms with van der Waals surface area (Å²) in [5, 5.41) is 13.5. The number of benzene rings is 2. The monoisotopic (exact) mass is 379 g/mol. The van der Waals surface area contributed by atoms with E-state index < -0.39 is 4.92 Å². The van der Waals surface area contributed by atoms with Crippen molar-refractivity contribution in [1.29, 1.82) is 0 Å². The second kappa shape index (κ2) is 6.61. The number of non-ortho nitro benzene ring substituents is 1. The number of nitro groups is 1. The summed E-state index contributed by atoms with van der Waals surface area (Å²) in [6.07, 6.45) is 1.71. The fraction of sp³-hybridized carbons (Fsp3) is 0.0556. The Bertz CT molecular complexity index is 1120. The maximum atomic E-state index is 12.3. The number of carbonyl (C=O) groups is 1. The summed E-state index contributed by atoms with van der Waals surface area (Å²) in [5.41, 5.74) is 4.53. The van der Waals surface area contributed by atoms with E-state index in [-0.39, 0.29) is 11.6 Å². The van der Waals surface area contributed by atoms with Gasteiger partial charge in [-0.2, -0.15) is 0 Å². The van der Waals surface area contributed by atoms with Crippen LogP contribution in [0.2, 0.25) is 0 Å². The summed E-state index contributed by atoms with van der Waals surface area (Å²) in [4.78, 5) is 32.8. The van der Waals surface area contributed by atoms with Crippen LogP contribution in [0.1, 0.15) is 5.56 Å². The predicted octanol–water partition coefficient (Wildman–Crippen LogP) is 3.17. The van der Waals surface area contributed by atoms with Crippen molar-refractivity contribution in [2.24, 2.45) is 4.99 Å². The molecule has 9 heteroatoms. The van der Waals surface area contributed by atoms with E-state index in [0.29, 0.717) is 17.3 Å². The zero-order valence-electron chi connectivity index (χ0n) is 14.1. The zero-order valence-corrected chi connectivity index (χ0v) is 14.9. The highest BCUT2D eigenvalue weighted by atomic mass is 32.1. The van der Waals surface area contributed by atoms with E-state index in [4.69, 9.17) is 0 Å². The van der Waals surface area contributed by atoms with Crippen LogP contribution in [0.25, 0.3) is 16.3 Å². The van der Waals surface area contributed by atoms with Crippen molar-refractivity contribution in [3.8, 4) is 0 Å². The van der Waals surface area contributed by atoms with Crippen molar-refractivity contribution in [2.45, 2.75) is 0 Å². The number of anilines is 1. The number of carbonyl (C=O) groups excluding carboxylic acids is 1. The third-order valence-electron chi connectivity index (χ3n) is 4.11. The number of nitrogens with zero attached hydrogens (tertiary/aromatic N) is 4. The third kappa shape index (κ3) is 3.27. The average molecular weight is 379 g/mol. The number of thiazole rings is 1. The van der Waals surface area contributed by atoms with Gasteiger partial charge in [-0.05, 0) is 35.9 Å². The molecular formula is C18H13N5O3S. The molecule has 2 aromatic carbocycles. The average Bonchev–Trinajstić information content (AvgIpc) is 3.27. The molecule has 27 heavy (non-hydrogen) atoms. The lowest BCUT2D eigenvalue weighted by molar-refractivity contribution is -0.384. The topological polar surface area (TPSA) is 101 Å². The molecule has 0 saturated carbocycles. The van der Waals surface area contributed by atoms with Crippen LogP contribution in [0.4, 0.5) is 11.4 Å². The Hall–Kier alpha value is -3.59. The number of hydrogen-bond acceptors (Lipinski definition) is 7. The molecule has 0 spiro atoms. The van der Waals surface area contributed by atoms with Gasteiger partial charge >= 0.3 is 0 Å². The molecule has 0 atom stereocenters. The number of guanidine groups is 1. The molecule has 0 unspecified atom stereocenters. The van der Waals surface area contributed by atoms with Crippen LogP contribution in [0.5, 0.6) is 0 Å². The van der Waals surface area contributed by atoms with Gasteiger partial charge in [0.1, 0.15) is 5.70 Å². The van der Waals surface area contributed by atoms with E-state index in [2.05, 4.69) is 15.3 Å².